The summed E-state index contributed by atoms with van der Waals surface area (Å²) in [6, 6.07) is 47.6. The highest BCUT2D eigenvalue weighted by Crippen LogP contribution is 2.48. The molecular weight excluding hydrogens is 528 g/mol. The third-order valence-electron chi connectivity index (χ3n) is 7.65. The lowest BCUT2D eigenvalue weighted by Gasteiger charge is -2.22. The van der Waals surface area contributed by atoms with E-state index in [-0.39, 0.29) is 0 Å². The third kappa shape index (κ3) is 3.82. The van der Waals surface area contributed by atoms with Crippen LogP contribution in [-0.4, -0.2) is 4.57 Å². The van der Waals surface area contributed by atoms with Gasteiger partial charge >= 0.3 is 0 Å². The highest BCUT2D eigenvalue weighted by atomic mass is 35.5. The van der Waals surface area contributed by atoms with Crippen molar-refractivity contribution in [2.24, 2.45) is 0 Å². The molecule has 0 saturated carbocycles. The van der Waals surface area contributed by atoms with E-state index in [0.717, 1.165) is 21.3 Å². The summed E-state index contributed by atoms with van der Waals surface area (Å²) in [6.45, 7) is 0. The zero-order valence-electron chi connectivity index (χ0n) is 21.4. The average molecular weight is 551 g/mol. The van der Waals surface area contributed by atoms with Crippen LogP contribution in [0.15, 0.2) is 143 Å². The number of fused-ring (bicyclic) bond motifs is 5. The largest absolute Gasteiger partial charge is 0.352 e. The van der Waals surface area contributed by atoms with E-state index in [4.69, 9.17) is 11.6 Å². The van der Waals surface area contributed by atoms with Gasteiger partial charge in [0.05, 0.1) is 27.4 Å². The summed E-state index contributed by atoms with van der Waals surface area (Å²) in [5.74, 6) is 0. The van der Waals surface area contributed by atoms with Crippen LogP contribution in [0, 0.1) is 0 Å². The van der Waals surface area contributed by atoms with Crippen molar-refractivity contribution in [3.8, 4) is 27.9 Å². The molecule has 190 valence electrons. The monoisotopic (exact) mass is 550 g/mol. The summed E-state index contributed by atoms with van der Waals surface area (Å²) >= 11 is 8.24. The first-order valence-electron chi connectivity index (χ1n) is 13.3. The number of aromatic nitrogens is 1. The van der Waals surface area contributed by atoms with Gasteiger partial charge in [0.1, 0.15) is 0 Å². The number of halogens is 1. The maximum Gasteiger partial charge on any atom is 0.0715 e. The highest BCUT2D eigenvalue weighted by molar-refractivity contribution is 7.99. The number of benzene rings is 6. The topological polar surface area (TPSA) is 17.0 Å². The summed E-state index contributed by atoms with van der Waals surface area (Å²) < 4.78 is 2.35. The fourth-order valence-corrected chi connectivity index (χ4v) is 7.03. The van der Waals surface area contributed by atoms with Crippen LogP contribution >= 0.6 is 23.4 Å². The Morgan fingerprint density at radius 3 is 2.10 bits per heavy atom. The van der Waals surface area contributed by atoms with E-state index in [1.807, 2.05) is 12.1 Å². The van der Waals surface area contributed by atoms with Crippen molar-refractivity contribution in [1.82, 2.24) is 4.57 Å². The second-order valence-electron chi connectivity index (χ2n) is 10.1. The van der Waals surface area contributed by atoms with Gasteiger partial charge in [-0.2, -0.15) is 0 Å². The van der Waals surface area contributed by atoms with Gasteiger partial charge in [-0.25, -0.2) is 0 Å². The Morgan fingerprint density at radius 2 is 1.23 bits per heavy atom. The second-order valence-corrected chi connectivity index (χ2v) is 11.5. The quantitative estimate of drug-likeness (QED) is 0.235. The molecule has 1 N–H and O–H groups in total. The SMILES string of the molecule is Clc1cccc2c1Nc1cc(-c3cccc(-c4ccc5c(c4)c4ccccc4n5-c4ccccc4)c3)ccc1S2. The Morgan fingerprint density at radius 1 is 0.525 bits per heavy atom. The van der Waals surface area contributed by atoms with Crippen LogP contribution in [0.5, 0.6) is 0 Å². The van der Waals surface area contributed by atoms with Crippen LogP contribution in [-0.2, 0) is 0 Å². The first kappa shape index (κ1) is 23.4. The van der Waals surface area contributed by atoms with Gasteiger partial charge in [-0.3, -0.25) is 0 Å². The van der Waals surface area contributed by atoms with Crippen LogP contribution in [0.1, 0.15) is 0 Å². The Hall–Kier alpha value is -4.44. The Labute approximate surface area is 241 Å². The van der Waals surface area contributed by atoms with Crippen molar-refractivity contribution in [3.63, 3.8) is 0 Å². The van der Waals surface area contributed by atoms with Crippen LogP contribution in [0.2, 0.25) is 5.02 Å². The number of nitrogens with zero attached hydrogens (tertiary/aromatic N) is 1. The molecule has 0 spiro atoms. The standard InChI is InChI=1S/C36H23ClN2S/c37-30-13-7-15-35-36(30)38-31-22-26(17-19-34(31)40-35)24-9-6-8-23(20-24)25-16-18-33-29(21-25)28-12-4-5-14-32(28)39(33)27-10-2-1-3-11-27/h1-22,38H. The predicted octanol–water partition coefficient (Wildman–Crippen LogP) is 11.0. The van der Waals surface area contributed by atoms with Gasteiger partial charge in [-0.1, -0.05) is 96.2 Å². The zero-order valence-corrected chi connectivity index (χ0v) is 23.0. The molecule has 6 aromatic carbocycles. The van der Waals surface area contributed by atoms with E-state index in [2.05, 4.69) is 131 Å². The first-order chi connectivity index (χ1) is 19.7. The molecule has 1 aliphatic heterocycles. The van der Waals surface area contributed by atoms with Crippen LogP contribution in [0.3, 0.4) is 0 Å². The molecule has 1 aliphatic rings. The Balaban J connectivity index is 1.21. The van der Waals surface area contributed by atoms with Gasteiger partial charge in [0.2, 0.25) is 0 Å². The molecule has 0 atom stereocenters. The summed E-state index contributed by atoms with van der Waals surface area (Å²) in [5.41, 5.74) is 10.4. The Kier molecular flexibility index (Phi) is 5.47. The van der Waals surface area contributed by atoms with Gasteiger partial charge in [0.15, 0.2) is 0 Å². The Bertz CT molecular complexity index is 2080. The lowest BCUT2D eigenvalue weighted by molar-refractivity contribution is 1.18. The molecular formula is C36H23ClN2S. The van der Waals surface area contributed by atoms with Crippen molar-refractivity contribution in [2.45, 2.75) is 9.79 Å². The van der Waals surface area contributed by atoms with Crippen LogP contribution in [0.25, 0.3) is 49.7 Å². The number of hydrogen-bond acceptors (Lipinski definition) is 2. The highest BCUT2D eigenvalue weighted by Gasteiger charge is 2.19. The van der Waals surface area contributed by atoms with E-state index < -0.39 is 0 Å². The van der Waals surface area contributed by atoms with Gasteiger partial charge in [0, 0.05) is 26.3 Å². The number of hydrogen-bond donors (Lipinski definition) is 1. The number of anilines is 2. The molecule has 7 aromatic rings. The lowest BCUT2D eigenvalue weighted by atomic mass is 9.97. The minimum absolute atomic E-state index is 0.743. The lowest BCUT2D eigenvalue weighted by Crippen LogP contribution is -2.00. The summed E-state index contributed by atoms with van der Waals surface area (Å²) in [5, 5.41) is 6.82. The molecule has 0 aliphatic carbocycles. The van der Waals surface area contributed by atoms with Crippen LogP contribution < -0.4 is 5.32 Å². The normalized spacial score (nSPS) is 12.2. The molecule has 0 radical (unpaired) electrons. The third-order valence-corrected chi connectivity index (χ3v) is 9.10. The maximum atomic E-state index is 6.49. The van der Waals surface area contributed by atoms with E-state index in [1.165, 1.54) is 54.6 Å². The minimum atomic E-state index is 0.743. The first-order valence-corrected chi connectivity index (χ1v) is 14.5. The zero-order chi connectivity index (χ0) is 26.6. The summed E-state index contributed by atoms with van der Waals surface area (Å²) in [4.78, 5) is 2.36. The smallest absolute Gasteiger partial charge is 0.0715 e. The molecule has 2 nitrogen and oxygen atoms in total. The van der Waals surface area contributed by atoms with Crippen molar-refractivity contribution in [3.05, 3.63) is 138 Å². The van der Waals surface area contributed by atoms with E-state index in [9.17, 15) is 0 Å². The molecule has 0 fully saturated rings. The second kappa shape index (κ2) is 9.34. The van der Waals surface area contributed by atoms with E-state index >= 15 is 0 Å². The van der Waals surface area contributed by atoms with Crippen molar-refractivity contribution >= 4 is 56.5 Å². The van der Waals surface area contributed by atoms with Gasteiger partial charge < -0.3 is 9.88 Å². The van der Waals surface area contributed by atoms with Gasteiger partial charge in [-0.05, 0) is 82.9 Å². The molecule has 2 heterocycles. The maximum absolute atomic E-state index is 6.49. The van der Waals surface area contributed by atoms with Gasteiger partial charge in [-0.15, -0.1) is 0 Å². The van der Waals surface area contributed by atoms with Gasteiger partial charge in [0.25, 0.3) is 0 Å². The number of rotatable bonds is 3. The molecule has 0 saturated heterocycles. The predicted molar refractivity (Wildman–Crippen MR) is 171 cm³/mol. The molecule has 40 heavy (non-hydrogen) atoms. The molecule has 1 aromatic heterocycles. The molecule has 4 heteroatoms. The molecule has 8 rings (SSSR count). The van der Waals surface area contributed by atoms with E-state index in [0.29, 0.717) is 0 Å². The fraction of sp³-hybridized carbons (Fsp3) is 0. The van der Waals surface area contributed by atoms with Crippen molar-refractivity contribution in [2.75, 3.05) is 5.32 Å². The molecule has 0 bridgehead atoms. The number of para-hydroxylation sites is 3. The fourth-order valence-electron chi connectivity index (χ4n) is 5.75. The summed E-state index contributed by atoms with van der Waals surface area (Å²) in [6.07, 6.45) is 0. The van der Waals surface area contributed by atoms with Crippen molar-refractivity contribution < 1.29 is 0 Å². The summed E-state index contributed by atoms with van der Waals surface area (Å²) in [7, 11) is 0. The minimum Gasteiger partial charge on any atom is -0.352 e. The van der Waals surface area contributed by atoms with Crippen molar-refractivity contribution in [1.29, 1.82) is 0 Å². The average Bonchev–Trinajstić information content (AvgIpc) is 3.34. The molecule has 0 unspecified atom stereocenters. The van der Waals surface area contributed by atoms with Crippen LogP contribution in [0.4, 0.5) is 11.4 Å². The number of nitrogens with one attached hydrogen (secondary N) is 1. The van der Waals surface area contributed by atoms with E-state index in [1.54, 1.807) is 11.8 Å². The molecule has 0 amide bonds.